The Kier molecular flexibility index (Phi) is 9.92. The molecule has 0 spiro atoms. The predicted octanol–water partition coefficient (Wildman–Crippen LogP) is 3.74. The number of hydrogen-bond donors (Lipinski definition) is 1. The zero-order valence-corrected chi connectivity index (χ0v) is 15.1. The van der Waals surface area contributed by atoms with Gasteiger partial charge in [0.25, 0.3) is 5.91 Å². The van der Waals surface area contributed by atoms with Crippen LogP contribution in [-0.2, 0) is 14.3 Å². The molecular weight excluding hydrogens is 330 g/mol. The lowest BCUT2D eigenvalue weighted by atomic mass is 10.1. The van der Waals surface area contributed by atoms with E-state index in [2.05, 4.69) is 10.1 Å². The first-order chi connectivity index (χ1) is 11.5. The maximum absolute atomic E-state index is 12.0. The number of carbonyl (C=O) groups excluding carboxylic acids is 2. The van der Waals surface area contributed by atoms with Crippen LogP contribution in [0, 0.1) is 0 Å². The molecule has 0 heterocycles. The molecule has 5 nitrogen and oxygen atoms in total. The molecule has 1 N–H and O–H groups in total. The van der Waals surface area contributed by atoms with Crippen LogP contribution in [0.1, 0.15) is 45.4 Å². The number of rotatable bonds is 11. The summed E-state index contributed by atoms with van der Waals surface area (Å²) < 4.78 is 10.1. The summed E-state index contributed by atoms with van der Waals surface area (Å²) in [5, 5.41) is 3.35. The molecule has 1 atom stereocenters. The van der Waals surface area contributed by atoms with Crippen LogP contribution in [0.3, 0.4) is 0 Å². The Bertz CT molecular complexity index is 521. The first-order valence-corrected chi connectivity index (χ1v) is 8.68. The van der Waals surface area contributed by atoms with Crippen molar-refractivity contribution in [3.8, 4) is 5.75 Å². The van der Waals surface area contributed by atoms with Gasteiger partial charge in [-0.15, -0.1) is 0 Å². The van der Waals surface area contributed by atoms with Gasteiger partial charge in [0.05, 0.1) is 12.1 Å². The molecule has 0 saturated carbocycles. The van der Waals surface area contributed by atoms with Gasteiger partial charge in [-0.3, -0.25) is 9.59 Å². The fourth-order valence-electron chi connectivity index (χ4n) is 2.17. The van der Waals surface area contributed by atoms with Crippen LogP contribution in [0.25, 0.3) is 0 Å². The minimum absolute atomic E-state index is 0.152. The maximum atomic E-state index is 12.0. The normalized spacial score (nSPS) is 11.6. The van der Waals surface area contributed by atoms with Crippen LogP contribution in [0.4, 0.5) is 0 Å². The first kappa shape index (κ1) is 20.3. The van der Waals surface area contributed by atoms with E-state index < -0.39 is 6.10 Å². The summed E-state index contributed by atoms with van der Waals surface area (Å²) in [5.41, 5.74) is 0. The van der Waals surface area contributed by atoms with E-state index in [9.17, 15) is 9.59 Å². The second-order valence-corrected chi connectivity index (χ2v) is 5.98. The minimum atomic E-state index is -0.593. The van der Waals surface area contributed by atoms with Gasteiger partial charge < -0.3 is 14.8 Å². The zero-order valence-electron chi connectivity index (χ0n) is 14.3. The van der Waals surface area contributed by atoms with E-state index in [1.165, 1.54) is 7.11 Å². The van der Waals surface area contributed by atoms with Crippen LogP contribution < -0.4 is 10.1 Å². The number of halogens is 1. The summed E-state index contributed by atoms with van der Waals surface area (Å²) in [5.74, 6) is 0.197. The second-order valence-electron chi connectivity index (χ2n) is 5.58. The van der Waals surface area contributed by atoms with Gasteiger partial charge in [0, 0.05) is 13.0 Å². The predicted molar refractivity (Wildman–Crippen MR) is 94.3 cm³/mol. The van der Waals surface area contributed by atoms with Crippen LogP contribution >= 0.6 is 11.6 Å². The topological polar surface area (TPSA) is 64.6 Å². The van der Waals surface area contributed by atoms with Crippen molar-refractivity contribution in [1.29, 1.82) is 0 Å². The molecule has 1 rings (SSSR count). The van der Waals surface area contributed by atoms with Crippen LogP contribution in [-0.4, -0.2) is 31.6 Å². The van der Waals surface area contributed by atoms with E-state index in [4.69, 9.17) is 16.3 Å². The number of hydrogen-bond acceptors (Lipinski definition) is 4. The molecule has 0 radical (unpaired) electrons. The summed E-state index contributed by atoms with van der Waals surface area (Å²) in [6.45, 7) is 2.32. The summed E-state index contributed by atoms with van der Waals surface area (Å²) in [7, 11) is 1.40. The molecule has 1 unspecified atom stereocenters. The van der Waals surface area contributed by atoms with Crippen molar-refractivity contribution in [2.75, 3.05) is 13.7 Å². The Hall–Kier alpha value is -1.75. The number of unbranched alkanes of at least 4 members (excludes halogenated alkanes) is 4. The average Bonchev–Trinajstić information content (AvgIpc) is 2.58. The molecule has 134 valence electrons. The molecule has 0 saturated heterocycles. The van der Waals surface area contributed by atoms with Crippen LogP contribution in [0.2, 0.25) is 5.02 Å². The van der Waals surface area contributed by atoms with Crippen molar-refractivity contribution >= 4 is 23.5 Å². The molecule has 1 aromatic carbocycles. The maximum Gasteiger partial charge on any atom is 0.305 e. The highest BCUT2D eigenvalue weighted by Crippen LogP contribution is 2.24. The number of carbonyl (C=O) groups is 2. The summed E-state index contributed by atoms with van der Waals surface area (Å²) >= 11 is 6.00. The molecule has 0 aliphatic carbocycles. The van der Waals surface area contributed by atoms with E-state index in [1.54, 1.807) is 19.1 Å². The number of ether oxygens (including phenoxy) is 2. The average molecular weight is 356 g/mol. The van der Waals surface area contributed by atoms with Crippen molar-refractivity contribution in [2.45, 2.75) is 51.6 Å². The highest BCUT2D eigenvalue weighted by Gasteiger charge is 2.15. The van der Waals surface area contributed by atoms with Gasteiger partial charge in [-0.2, -0.15) is 0 Å². The lowest BCUT2D eigenvalue weighted by Gasteiger charge is -2.15. The number of methoxy groups -OCH3 is 1. The smallest absolute Gasteiger partial charge is 0.305 e. The summed E-state index contributed by atoms with van der Waals surface area (Å²) in [6, 6.07) is 7.08. The van der Waals surface area contributed by atoms with Crippen molar-refractivity contribution in [1.82, 2.24) is 5.32 Å². The fraction of sp³-hybridized carbons (Fsp3) is 0.556. The summed E-state index contributed by atoms with van der Waals surface area (Å²) in [4.78, 5) is 22.9. The van der Waals surface area contributed by atoms with Gasteiger partial charge in [-0.05, 0) is 31.9 Å². The largest absolute Gasteiger partial charge is 0.479 e. The SMILES string of the molecule is COC(=O)CCCCCCCNC(=O)C(C)Oc1ccccc1Cl. The van der Waals surface area contributed by atoms with Crippen molar-refractivity contribution < 1.29 is 19.1 Å². The number of amides is 1. The van der Waals surface area contributed by atoms with Crippen LogP contribution in [0.5, 0.6) is 5.75 Å². The zero-order chi connectivity index (χ0) is 17.8. The number of benzene rings is 1. The molecule has 0 aliphatic heterocycles. The number of esters is 1. The van der Waals surface area contributed by atoms with E-state index in [0.717, 1.165) is 32.1 Å². The number of para-hydroxylation sites is 1. The number of nitrogens with one attached hydrogen (secondary N) is 1. The van der Waals surface area contributed by atoms with Gasteiger partial charge in [-0.1, -0.05) is 43.0 Å². The monoisotopic (exact) mass is 355 g/mol. The third-order valence-electron chi connectivity index (χ3n) is 3.59. The van der Waals surface area contributed by atoms with Crippen molar-refractivity contribution in [2.24, 2.45) is 0 Å². The van der Waals surface area contributed by atoms with E-state index in [0.29, 0.717) is 23.7 Å². The van der Waals surface area contributed by atoms with Gasteiger partial charge in [-0.25, -0.2) is 0 Å². The fourth-order valence-corrected chi connectivity index (χ4v) is 2.35. The van der Waals surface area contributed by atoms with Crippen molar-refractivity contribution in [3.05, 3.63) is 29.3 Å². The van der Waals surface area contributed by atoms with Crippen LogP contribution in [0.15, 0.2) is 24.3 Å². The standard InChI is InChI=1S/C18H26ClNO4/c1-14(24-16-11-8-7-10-15(16)19)18(22)20-13-9-5-3-4-6-12-17(21)23-2/h7-8,10-11,14H,3-6,9,12-13H2,1-2H3,(H,20,22). The van der Waals surface area contributed by atoms with Gasteiger partial charge >= 0.3 is 5.97 Å². The van der Waals surface area contributed by atoms with Gasteiger partial charge in [0.2, 0.25) is 0 Å². The highest BCUT2D eigenvalue weighted by molar-refractivity contribution is 6.32. The second kappa shape index (κ2) is 11.7. The molecule has 0 aromatic heterocycles. The lowest BCUT2D eigenvalue weighted by Crippen LogP contribution is -2.36. The lowest BCUT2D eigenvalue weighted by molar-refractivity contribution is -0.140. The Labute approximate surface area is 148 Å². The van der Waals surface area contributed by atoms with Crippen molar-refractivity contribution in [3.63, 3.8) is 0 Å². The Morgan fingerprint density at radius 1 is 1.12 bits per heavy atom. The molecule has 1 amide bonds. The third-order valence-corrected chi connectivity index (χ3v) is 3.91. The molecule has 0 bridgehead atoms. The Morgan fingerprint density at radius 2 is 1.79 bits per heavy atom. The third kappa shape index (κ3) is 8.20. The molecule has 24 heavy (non-hydrogen) atoms. The van der Waals surface area contributed by atoms with E-state index >= 15 is 0 Å². The van der Waals surface area contributed by atoms with Gasteiger partial charge in [0.1, 0.15) is 5.75 Å². The van der Waals surface area contributed by atoms with E-state index in [1.807, 2.05) is 12.1 Å². The summed E-state index contributed by atoms with van der Waals surface area (Å²) in [6.07, 6.45) is 4.69. The minimum Gasteiger partial charge on any atom is -0.479 e. The Balaban J connectivity index is 2.09. The quantitative estimate of drug-likeness (QED) is 0.485. The molecule has 1 aromatic rings. The Morgan fingerprint density at radius 3 is 2.50 bits per heavy atom. The van der Waals surface area contributed by atoms with Gasteiger partial charge in [0.15, 0.2) is 6.10 Å². The first-order valence-electron chi connectivity index (χ1n) is 8.30. The molecular formula is C18H26ClNO4. The van der Waals surface area contributed by atoms with E-state index in [-0.39, 0.29) is 11.9 Å². The molecule has 0 fully saturated rings. The molecule has 0 aliphatic rings. The highest BCUT2D eigenvalue weighted by atomic mass is 35.5. The molecule has 6 heteroatoms.